The maximum absolute atomic E-state index is 12.9. The van der Waals surface area contributed by atoms with Crippen molar-refractivity contribution in [2.75, 3.05) is 26.2 Å². The first-order chi connectivity index (χ1) is 15.3. The Hall–Kier alpha value is -1.93. The highest BCUT2D eigenvalue weighted by molar-refractivity contribution is 7.89. The Morgan fingerprint density at radius 1 is 1.06 bits per heavy atom. The van der Waals surface area contributed by atoms with Crippen molar-refractivity contribution in [2.45, 2.75) is 70.6 Å². The molecule has 1 saturated heterocycles. The van der Waals surface area contributed by atoms with Crippen molar-refractivity contribution in [1.82, 2.24) is 9.62 Å². The van der Waals surface area contributed by atoms with Crippen molar-refractivity contribution < 1.29 is 22.7 Å². The minimum absolute atomic E-state index is 0.0306. The van der Waals surface area contributed by atoms with Gasteiger partial charge in [0.05, 0.1) is 17.1 Å². The van der Waals surface area contributed by atoms with Crippen LogP contribution in [0.5, 0.6) is 0 Å². The highest BCUT2D eigenvalue weighted by atomic mass is 32.2. The number of hydrogen-bond donors (Lipinski definition) is 1. The zero-order chi connectivity index (χ0) is 23.6. The standard InChI is InChI=1S/C24H38N2O5S/c1-4-31-24(28)21-10-12-22(13-11-21)32(29,30)26-17-14-20(15-18-26)23(27)25-16-8-6-5-7-9-19(2)3/h10-13,19-20H,4-9,14-18H2,1-3H3,(H,25,27). The molecule has 1 N–H and O–H groups in total. The molecule has 0 bridgehead atoms. The molecule has 0 aliphatic carbocycles. The van der Waals surface area contributed by atoms with Gasteiger partial charge in [-0.1, -0.05) is 39.5 Å². The van der Waals surface area contributed by atoms with E-state index in [2.05, 4.69) is 19.2 Å². The average molecular weight is 467 g/mol. The van der Waals surface area contributed by atoms with Gasteiger partial charge in [-0.2, -0.15) is 4.31 Å². The van der Waals surface area contributed by atoms with E-state index in [-0.39, 0.29) is 23.3 Å². The van der Waals surface area contributed by atoms with Crippen molar-refractivity contribution in [3.63, 3.8) is 0 Å². The Labute approximate surface area is 193 Å². The van der Waals surface area contributed by atoms with Gasteiger partial charge in [-0.3, -0.25) is 4.79 Å². The fourth-order valence-corrected chi connectivity index (χ4v) is 5.34. The van der Waals surface area contributed by atoms with Gasteiger partial charge in [-0.05, 0) is 56.4 Å². The van der Waals surface area contributed by atoms with Gasteiger partial charge in [-0.25, -0.2) is 13.2 Å². The largest absolute Gasteiger partial charge is 0.462 e. The Morgan fingerprint density at radius 2 is 1.69 bits per heavy atom. The molecular weight excluding hydrogens is 428 g/mol. The molecule has 32 heavy (non-hydrogen) atoms. The molecule has 0 saturated carbocycles. The summed E-state index contributed by atoms with van der Waals surface area (Å²) < 4.78 is 32.2. The Balaban J connectivity index is 1.76. The van der Waals surface area contributed by atoms with Gasteiger partial charge in [-0.15, -0.1) is 0 Å². The molecule has 0 spiro atoms. The van der Waals surface area contributed by atoms with Crippen LogP contribution in [0, 0.1) is 11.8 Å². The summed E-state index contributed by atoms with van der Waals surface area (Å²) in [5.74, 6) is 0.156. The van der Waals surface area contributed by atoms with Crippen LogP contribution in [0.25, 0.3) is 0 Å². The molecular formula is C24H38N2O5S. The number of benzene rings is 1. The fourth-order valence-electron chi connectivity index (χ4n) is 3.87. The molecule has 1 aromatic rings. The fraction of sp³-hybridized carbons (Fsp3) is 0.667. The molecule has 1 heterocycles. The summed E-state index contributed by atoms with van der Waals surface area (Å²) in [4.78, 5) is 24.3. The first kappa shape index (κ1) is 26.3. The predicted octanol–water partition coefficient (Wildman–Crippen LogP) is 3.99. The summed E-state index contributed by atoms with van der Waals surface area (Å²) in [7, 11) is -3.65. The first-order valence-corrected chi connectivity index (χ1v) is 13.2. The number of nitrogens with zero attached hydrogens (tertiary/aromatic N) is 1. The Morgan fingerprint density at radius 3 is 2.28 bits per heavy atom. The molecule has 0 atom stereocenters. The van der Waals surface area contributed by atoms with Gasteiger partial charge in [0.1, 0.15) is 0 Å². The Bertz CT molecular complexity index is 828. The molecule has 1 aliphatic heterocycles. The van der Waals surface area contributed by atoms with Crippen molar-refractivity contribution in [3.05, 3.63) is 29.8 Å². The van der Waals surface area contributed by atoms with Gasteiger partial charge in [0.2, 0.25) is 15.9 Å². The Kier molecular flexibility index (Phi) is 10.6. The summed E-state index contributed by atoms with van der Waals surface area (Å²) >= 11 is 0. The van der Waals surface area contributed by atoms with Gasteiger partial charge < -0.3 is 10.1 Å². The molecule has 1 aromatic carbocycles. The highest BCUT2D eigenvalue weighted by Gasteiger charge is 2.32. The van der Waals surface area contributed by atoms with E-state index < -0.39 is 16.0 Å². The molecule has 1 fully saturated rings. The van der Waals surface area contributed by atoms with Crippen LogP contribution in [0.2, 0.25) is 0 Å². The maximum Gasteiger partial charge on any atom is 0.338 e. The van der Waals surface area contributed by atoms with E-state index in [1.807, 2.05) is 0 Å². The molecule has 1 amide bonds. The average Bonchev–Trinajstić information content (AvgIpc) is 2.78. The second-order valence-electron chi connectivity index (χ2n) is 8.81. The molecule has 1 aliphatic rings. The number of sulfonamides is 1. The van der Waals surface area contributed by atoms with E-state index >= 15 is 0 Å². The van der Waals surface area contributed by atoms with E-state index in [0.717, 1.165) is 18.8 Å². The molecule has 7 nitrogen and oxygen atoms in total. The zero-order valence-corrected chi connectivity index (χ0v) is 20.5. The molecule has 180 valence electrons. The highest BCUT2D eigenvalue weighted by Crippen LogP contribution is 2.24. The van der Waals surface area contributed by atoms with Gasteiger partial charge in [0.15, 0.2) is 0 Å². The molecule has 8 heteroatoms. The normalized spacial score (nSPS) is 15.6. The number of rotatable bonds is 12. The quantitative estimate of drug-likeness (QED) is 0.371. The summed E-state index contributed by atoms with van der Waals surface area (Å²) in [6.45, 7) is 7.77. The van der Waals surface area contributed by atoms with Gasteiger partial charge in [0.25, 0.3) is 0 Å². The number of nitrogens with one attached hydrogen (secondary N) is 1. The number of ether oxygens (including phenoxy) is 1. The second kappa shape index (κ2) is 12.9. The van der Waals surface area contributed by atoms with E-state index in [0.29, 0.717) is 38.0 Å². The van der Waals surface area contributed by atoms with E-state index in [9.17, 15) is 18.0 Å². The lowest BCUT2D eigenvalue weighted by atomic mass is 9.97. The van der Waals surface area contributed by atoms with Crippen molar-refractivity contribution in [3.8, 4) is 0 Å². The van der Waals surface area contributed by atoms with Gasteiger partial charge in [0, 0.05) is 25.6 Å². The third kappa shape index (κ3) is 7.89. The van der Waals surface area contributed by atoms with Crippen LogP contribution in [0.15, 0.2) is 29.2 Å². The third-order valence-electron chi connectivity index (χ3n) is 5.84. The van der Waals surface area contributed by atoms with Crippen molar-refractivity contribution in [1.29, 1.82) is 0 Å². The smallest absolute Gasteiger partial charge is 0.338 e. The SMILES string of the molecule is CCOC(=O)c1ccc(S(=O)(=O)N2CCC(C(=O)NCCCCCCC(C)C)CC2)cc1. The lowest BCUT2D eigenvalue weighted by Gasteiger charge is -2.30. The number of carbonyl (C=O) groups excluding carboxylic acids is 2. The number of unbranched alkanes of at least 4 members (excludes halogenated alkanes) is 3. The van der Waals surface area contributed by atoms with Crippen LogP contribution in [0.3, 0.4) is 0 Å². The number of esters is 1. The topological polar surface area (TPSA) is 92.8 Å². The molecule has 0 unspecified atom stereocenters. The van der Waals surface area contributed by atoms with E-state index in [1.165, 1.54) is 47.8 Å². The molecule has 2 rings (SSSR count). The second-order valence-corrected chi connectivity index (χ2v) is 10.7. The number of amides is 1. The monoisotopic (exact) mass is 466 g/mol. The minimum Gasteiger partial charge on any atom is -0.462 e. The number of carbonyl (C=O) groups is 2. The van der Waals surface area contributed by atoms with Crippen molar-refractivity contribution in [2.24, 2.45) is 11.8 Å². The van der Waals surface area contributed by atoms with Crippen LogP contribution in [0.4, 0.5) is 0 Å². The third-order valence-corrected chi connectivity index (χ3v) is 7.75. The number of hydrogen-bond acceptors (Lipinski definition) is 5. The first-order valence-electron chi connectivity index (χ1n) is 11.8. The van der Waals surface area contributed by atoms with E-state index in [1.54, 1.807) is 6.92 Å². The zero-order valence-electron chi connectivity index (χ0n) is 19.6. The number of piperidine rings is 1. The van der Waals surface area contributed by atoms with Crippen LogP contribution in [-0.4, -0.2) is 50.8 Å². The summed E-state index contributed by atoms with van der Waals surface area (Å²) in [6.07, 6.45) is 6.83. The van der Waals surface area contributed by atoms with Crippen LogP contribution < -0.4 is 5.32 Å². The summed E-state index contributed by atoms with van der Waals surface area (Å²) in [6, 6.07) is 5.80. The summed E-state index contributed by atoms with van der Waals surface area (Å²) in [5, 5.41) is 3.01. The van der Waals surface area contributed by atoms with Crippen molar-refractivity contribution >= 4 is 21.9 Å². The van der Waals surface area contributed by atoms with E-state index in [4.69, 9.17) is 4.74 Å². The van der Waals surface area contributed by atoms with Crippen LogP contribution in [0.1, 0.15) is 76.1 Å². The van der Waals surface area contributed by atoms with Gasteiger partial charge >= 0.3 is 5.97 Å². The lowest BCUT2D eigenvalue weighted by Crippen LogP contribution is -2.43. The molecule has 0 aromatic heterocycles. The van der Waals surface area contributed by atoms with Crippen LogP contribution in [-0.2, 0) is 19.6 Å². The summed E-state index contributed by atoms with van der Waals surface area (Å²) in [5.41, 5.74) is 0.320. The maximum atomic E-state index is 12.9. The molecule has 0 radical (unpaired) electrons. The van der Waals surface area contributed by atoms with Crippen LogP contribution >= 0.6 is 0 Å². The predicted molar refractivity (Wildman–Crippen MR) is 125 cm³/mol. The minimum atomic E-state index is -3.65. The lowest BCUT2D eigenvalue weighted by molar-refractivity contribution is -0.126.